The van der Waals surface area contributed by atoms with Crippen LogP contribution >= 0.6 is 15.9 Å². The van der Waals surface area contributed by atoms with Gasteiger partial charge in [-0.05, 0) is 60.7 Å². The molecule has 1 atom stereocenters. The molecule has 0 saturated heterocycles. The summed E-state index contributed by atoms with van der Waals surface area (Å²) in [6.07, 6.45) is 3.20. The van der Waals surface area contributed by atoms with Crippen LogP contribution in [0.25, 0.3) is 16.9 Å². The second-order valence-electron chi connectivity index (χ2n) is 8.05. The summed E-state index contributed by atoms with van der Waals surface area (Å²) in [6.45, 7) is 4.72. The highest BCUT2D eigenvalue weighted by Gasteiger charge is 2.29. The second-order valence-corrected chi connectivity index (χ2v) is 8.97. The number of imidazole rings is 1. The molecule has 1 aliphatic heterocycles. The van der Waals surface area contributed by atoms with Crippen molar-refractivity contribution in [2.24, 2.45) is 0 Å². The molecule has 0 bridgehead atoms. The lowest BCUT2D eigenvalue weighted by atomic mass is 9.93. The predicted molar refractivity (Wildman–Crippen MR) is 125 cm³/mol. The Morgan fingerprint density at radius 3 is 2.81 bits per heavy atom. The second kappa shape index (κ2) is 8.13. The van der Waals surface area contributed by atoms with Crippen LogP contribution in [0, 0.1) is 5.82 Å². The summed E-state index contributed by atoms with van der Waals surface area (Å²) in [5.74, 6) is -0.466. The minimum absolute atomic E-state index is 0.0229. The van der Waals surface area contributed by atoms with Crippen molar-refractivity contribution in [2.75, 3.05) is 6.54 Å². The van der Waals surface area contributed by atoms with E-state index in [1.54, 1.807) is 22.8 Å². The van der Waals surface area contributed by atoms with Gasteiger partial charge in [0.1, 0.15) is 11.5 Å². The van der Waals surface area contributed by atoms with Crippen molar-refractivity contribution in [3.63, 3.8) is 0 Å². The molecule has 0 aliphatic carbocycles. The van der Waals surface area contributed by atoms with Gasteiger partial charge < -0.3 is 4.90 Å². The number of fused-ring (bicyclic) bond motifs is 2. The monoisotopic (exact) mass is 492 g/mol. The molecule has 1 amide bonds. The number of hydrogen-bond acceptors (Lipinski definition) is 3. The third-order valence-corrected chi connectivity index (χ3v) is 6.66. The average Bonchev–Trinajstić information content (AvgIpc) is 3.22. The maximum atomic E-state index is 14.5. The van der Waals surface area contributed by atoms with E-state index in [4.69, 9.17) is 0 Å². The van der Waals surface area contributed by atoms with E-state index in [2.05, 4.69) is 45.1 Å². The maximum Gasteiger partial charge on any atom is 0.274 e. The van der Waals surface area contributed by atoms with E-state index in [1.165, 1.54) is 17.2 Å². The molecule has 162 valence electrons. The summed E-state index contributed by atoms with van der Waals surface area (Å²) in [5.41, 5.74) is 5.27. The van der Waals surface area contributed by atoms with Crippen molar-refractivity contribution in [1.29, 1.82) is 0 Å². The minimum Gasteiger partial charge on any atom is -0.330 e. The van der Waals surface area contributed by atoms with Crippen LogP contribution in [0.4, 0.5) is 4.39 Å². The van der Waals surface area contributed by atoms with Gasteiger partial charge in [-0.25, -0.2) is 13.9 Å². The van der Waals surface area contributed by atoms with Gasteiger partial charge in [-0.3, -0.25) is 4.79 Å². The van der Waals surface area contributed by atoms with E-state index in [9.17, 15) is 9.18 Å². The summed E-state index contributed by atoms with van der Waals surface area (Å²) >= 11 is 3.28. The normalized spacial score (nSPS) is 15.8. The SMILES string of the molecule is CCc1cc(C(=O)N2CCc3ccccc3[C@H]2C)nn2cc(-c3ccc(Br)cc3F)nc12. The highest BCUT2D eigenvalue weighted by Crippen LogP contribution is 2.31. The molecule has 0 spiro atoms. The van der Waals surface area contributed by atoms with Crippen LogP contribution in [-0.2, 0) is 12.8 Å². The lowest BCUT2D eigenvalue weighted by molar-refractivity contribution is 0.0670. The zero-order chi connectivity index (χ0) is 22.4. The lowest BCUT2D eigenvalue weighted by Gasteiger charge is -2.35. The largest absolute Gasteiger partial charge is 0.330 e. The van der Waals surface area contributed by atoms with Gasteiger partial charge in [0.05, 0.1) is 17.9 Å². The van der Waals surface area contributed by atoms with Gasteiger partial charge in [-0.2, -0.15) is 5.10 Å². The Morgan fingerprint density at radius 2 is 2.03 bits per heavy atom. The molecule has 0 saturated carbocycles. The van der Waals surface area contributed by atoms with Gasteiger partial charge >= 0.3 is 0 Å². The number of aryl methyl sites for hydroxylation is 1. The molecule has 7 heteroatoms. The van der Waals surface area contributed by atoms with Crippen LogP contribution in [0.1, 0.15) is 47.1 Å². The van der Waals surface area contributed by atoms with Crippen LogP contribution in [0.5, 0.6) is 0 Å². The number of halogens is 2. The summed E-state index contributed by atoms with van der Waals surface area (Å²) < 4.78 is 16.8. The molecular formula is C25H22BrFN4O. The van der Waals surface area contributed by atoms with Crippen molar-refractivity contribution in [2.45, 2.75) is 32.7 Å². The first-order valence-corrected chi connectivity index (χ1v) is 11.5. The van der Waals surface area contributed by atoms with Crippen LogP contribution in [0.2, 0.25) is 0 Å². The van der Waals surface area contributed by atoms with Crippen molar-refractivity contribution < 1.29 is 9.18 Å². The van der Waals surface area contributed by atoms with Crippen molar-refractivity contribution in [1.82, 2.24) is 19.5 Å². The lowest BCUT2D eigenvalue weighted by Crippen LogP contribution is -2.39. The Balaban J connectivity index is 1.54. The zero-order valence-corrected chi connectivity index (χ0v) is 19.4. The summed E-state index contributed by atoms with van der Waals surface area (Å²) in [7, 11) is 0. The molecule has 5 rings (SSSR count). The molecule has 3 heterocycles. The van der Waals surface area contributed by atoms with Gasteiger partial charge in [0.2, 0.25) is 0 Å². The quantitative estimate of drug-likeness (QED) is 0.372. The van der Waals surface area contributed by atoms with Gasteiger partial charge in [0.25, 0.3) is 5.91 Å². The molecule has 0 radical (unpaired) electrons. The topological polar surface area (TPSA) is 50.5 Å². The first kappa shape index (κ1) is 20.8. The van der Waals surface area contributed by atoms with Crippen molar-refractivity contribution in [3.8, 4) is 11.3 Å². The number of benzene rings is 2. The van der Waals surface area contributed by atoms with E-state index in [-0.39, 0.29) is 17.8 Å². The molecule has 0 fully saturated rings. The van der Waals surface area contributed by atoms with E-state index < -0.39 is 0 Å². The van der Waals surface area contributed by atoms with Crippen LogP contribution in [0.3, 0.4) is 0 Å². The van der Waals surface area contributed by atoms with Crippen molar-refractivity contribution >= 4 is 27.5 Å². The average molecular weight is 493 g/mol. The third kappa shape index (κ3) is 3.50. The van der Waals surface area contributed by atoms with E-state index in [1.807, 2.05) is 30.0 Å². The van der Waals surface area contributed by atoms with Crippen LogP contribution in [0.15, 0.2) is 59.2 Å². The van der Waals surface area contributed by atoms with Gasteiger partial charge in [0, 0.05) is 16.6 Å². The Morgan fingerprint density at radius 1 is 1.22 bits per heavy atom. The van der Waals surface area contributed by atoms with E-state index in [0.29, 0.717) is 40.0 Å². The molecule has 2 aromatic heterocycles. The Hall–Kier alpha value is -3.06. The van der Waals surface area contributed by atoms with Crippen LogP contribution < -0.4 is 0 Å². The third-order valence-electron chi connectivity index (χ3n) is 6.16. The van der Waals surface area contributed by atoms with Gasteiger partial charge in [-0.1, -0.05) is 47.1 Å². The minimum atomic E-state index is -0.363. The number of hydrogen-bond donors (Lipinski definition) is 0. The molecule has 0 unspecified atom stereocenters. The fourth-order valence-electron chi connectivity index (χ4n) is 4.43. The predicted octanol–water partition coefficient (Wildman–Crippen LogP) is 5.62. The Labute approximate surface area is 194 Å². The van der Waals surface area contributed by atoms with E-state index >= 15 is 0 Å². The first-order valence-electron chi connectivity index (χ1n) is 10.7. The molecule has 32 heavy (non-hydrogen) atoms. The van der Waals surface area contributed by atoms with Crippen LogP contribution in [-0.4, -0.2) is 31.9 Å². The Kier molecular flexibility index (Phi) is 5.29. The summed E-state index contributed by atoms with van der Waals surface area (Å²) in [4.78, 5) is 20.0. The zero-order valence-electron chi connectivity index (χ0n) is 17.8. The number of aromatic nitrogens is 3. The molecular weight excluding hydrogens is 471 g/mol. The number of carbonyl (C=O) groups is 1. The molecule has 5 nitrogen and oxygen atoms in total. The molecule has 0 N–H and O–H groups in total. The number of amides is 1. The molecule has 4 aromatic rings. The summed E-state index contributed by atoms with van der Waals surface area (Å²) in [5, 5.41) is 4.57. The fourth-order valence-corrected chi connectivity index (χ4v) is 4.76. The smallest absolute Gasteiger partial charge is 0.274 e. The standard InChI is InChI=1S/C25H22BrFN4O/c1-3-16-12-22(25(32)30-11-10-17-6-4-5-7-19(17)15(30)2)29-31-14-23(28-24(16)31)20-9-8-18(26)13-21(20)27/h4-9,12-15H,3,10-11H2,1-2H3/t15-/m1/s1. The first-order chi connectivity index (χ1) is 15.5. The molecule has 1 aliphatic rings. The highest BCUT2D eigenvalue weighted by molar-refractivity contribution is 9.10. The molecule has 2 aromatic carbocycles. The number of carbonyl (C=O) groups excluding carboxylic acids is 1. The highest BCUT2D eigenvalue weighted by atomic mass is 79.9. The fraction of sp³-hybridized carbons (Fsp3) is 0.240. The summed E-state index contributed by atoms with van der Waals surface area (Å²) in [6, 6.07) is 14.9. The number of rotatable bonds is 3. The van der Waals surface area contributed by atoms with E-state index in [0.717, 1.165) is 12.0 Å². The Bertz CT molecular complexity index is 1350. The maximum absolute atomic E-state index is 14.5. The number of nitrogens with zero attached hydrogens (tertiary/aromatic N) is 4. The van der Waals surface area contributed by atoms with Gasteiger partial charge in [0.15, 0.2) is 5.65 Å². The van der Waals surface area contributed by atoms with Crippen molar-refractivity contribution in [3.05, 3.63) is 87.4 Å². The van der Waals surface area contributed by atoms with Gasteiger partial charge in [-0.15, -0.1) is 0 Å².